The van der Waals surface area contributed by atoms with Gasteiger partial charge in [-0.1, -0.05) is 6.07 Å². The zero-order chi connectivity index (χ0) is 19.7. The zero-order valence-electron chi connectivity index (χ0n) is 17.0. The molecule has 0 amide bonds. The fourth-order valence-corrected chi connectivity index (χ4v) is 3.43. The van der Waals surface area contributed by atoms with Crippen molar-refractivity contribution < 1.29 is 23.6 Å². The number of carbonyl (C=O) groups excluding carboxylic acids is 1. The lowest BCUT2D eigenvalue weighted by molar-refractivity contribution is -0.149. The molecule has 27 heavy (non-hydrogen) atoms. The van der Waals surface area contributed by atoms with Gasteiger partial charge in [-0.15, -0.1) is 0 Å². The summed E-state index contributed by atoms with van der Waals surface area (Å²) < 4.78 is 23.2. The smallest absolute Gasteiger partial charge is 0.474 e. The molecule has 2 heterocycles. The molecule has 2 fully saturated rings. The summed E-state index contributed by atoms with van der Waals surface area (Å²) >= 11 is 0. The van der Waals surface area contributed by atoms with Gasteiger partial charge in [0.2, 0.25) is 5.88 Å². The predicted octanol–water partition coefficient (Wildman–Crippen LogP) is 2.88. The van der Waals surface area contributed by atoms with Crippen LogP contribution in [0.4, 0.5) is 0 Å². The second kappa shape index (κ2) is 7.80. The van der Waals surface area contributed by atoms with E-state index in [1.807, 2.05) is 46.8 Å². The highest BCUT2D eigenvalue weighted by Crippen LogP contribution is 2.36. The highest BCUT2D eigenvalue weighted by atomic mass is 16.7. The lowest BCUT2D eigenvalue weighted by atomic mass is 9.80. The summed E-state index contributed by atoms with van der Waals surface area (Å²) in [5.41, 5.74) is 0.140. The van der Waals surface area contributed by atoms with E-state index >= 15 is 0 Å². The van der Waals surface area contributed by atoms with E-state index in [4.69, 9.17) is 18.8 Å². The number of aromatic nitrogens is 1. The number of carbonyl (C=O) groups is 1. The fourth-order valence-electron chi connectivity index (χ4n) is 3.43. The molecule has 1 aliphatic heterocycles. The van der Waals surface area contributed by atoms with Crippen molar-refractivity contribution in [1.82, 2.24) is 4.98 Å². The third-order valence-electron chi connectivity index (χ3n) is 5.87. The minimum atomic E-state index is -0.420. The van der Waals surface area contributed by atoms with Crippen molar-refractivity contribution in [3.63, 3.8) is 0 Å². The molecular weight excluding hydrogens is 345 g/mol. The molecule has 1 saturated carbocycles. The first-order chi connectivity index (χ1) is 12.7. The molecule has 1 aliphatic carbocycles. The zero-order valence-corrected chi connectivity index (χ0v) is 17.0. The molecule has 0 radical (unpaired) electrons. The van der Waals surface area contributed by atoms with Crippen molar-refractivity contribution in [2.24, 2.45) is 5.92 Å². The second-order valence-corrected chi connectivity index (χ2v) is 8.36. The van der Waals surface area contributed by atoms with Crippen molar-refractivity contribution in [3.05, 3.63) is 18.3 Å². The number of ether oxygens (including phenoxy) is 2. The molecular formula is C20H30BNO5. The highest BCUT2D eigenvalue weighted by molar-refractivity contribution is 6.62. The molecule has 0 spiro atoms. The summed E-state index contributed by atoms with van der Waals surface area (Å²) in [5.74, 6) is 0.513. The van der Waals surface area contributed by atoms with Crippen LogP contribution in [0.1, 0.15) is 60.3 Å². The van der Waals surface area contributed by atoms with Crippen LogP contribution in [0.5, 0.6) is 5.88 Å². The summed E-state index contributed by atoms with van der Waals surface area (Å²) in [5, 5.41) is 0. The topological polar surface area (TPSA) is 66.9 Å². The Balaban J connectivity index is 1.53. The largest absolute Gasteiger partial charge is 0.496 e. The van der Waals surface area contributed by atoms with Crippen LogP contribution in [0.2, 0.25) is 0 Å². The van der Waals surface area contributed by atoms with Gasteiger partial charge in [0.15, 0.2) is 0 Å². The summed E-state index contributed by atoms with van der Waals surface area (Å²) in [4.78, 5) is 16.2. The van der Waals surface area contributed by atoms with Gasteiger partial charge in [-0.25, -0.2) is 4.98 Å². The van der Waals surface area contributed by atoms with Gasteiger partial charge in [0.1, 0.15) is 6.10 Å². The summed E-state index contributed by atoms with van der Waals surface area (Å²) in [7, 11) is -0.420. The second-order valence-electron chi connectivity index (χ2n) is 8.36. The first kappa shape index (κ1) is 20.1. The minimum Gasteiger partial charge on any atom is -0.474 e. The monoisotopic (exact) mass is 375 g/mol. The van der Waals surface area contributed by atoms with Crippen molar-refractivity contribution in [2.45, 2.75) is 77.6 Å². The Morgan fingerprint density at radius 3 is 2.30 bits per heavy atom. The molecule has 0 unspecified atom stereocenters. The minimum absolute atomic E-state index is 0.00325. The van der Waals surface area contributed by atoms with Gasteiger partial charge in [-0.2, -0.15) is 0 Å². The lowest BCUT2D eigenvalue weighted by Crippen LogP contribution is -2.41. The highest BCUT2D eigenvalue weighted by Gasteiger charge is 2.51. The molecule has 0 N–H and O–H groups in total. The Hall–Kier alpha value is -1.60. The number of esters is 1. The van der Waals surface area contributed by atoms with Crippen LogP contribution in [0, 0.1) is 5.92 Å². The van der Waals surface area contributed by atoms with E-state index in [-0.39, 0.29) is 29.2 Å². The number of hydrogen-bond donors (Lipinski definition) is 0. The molecule has 1 aromatic heterocycles. The molecule has 3 rings (SSSR count). The van der Waals surface area contributed by atoms with Crippen molar-refractivity contribution in [2.75, 3.05) is 6.61 Å². The van der Waals surface area contributed by atoms with Gasteiger partial charge >= 0.3 is 13.1 Å². The molecule has 148 valence electrons. The van der Waals surface area contributed by atoms with E-state index < -0.39 is 7.12 Å². The van der Waals surface area contributed by atoms with E-state index in [0.29, 0.717) is 12.5 Å². The molecule has 0 bridgehead atoms. The van der Waals surface area contributed by atoms with Gasteiger partial charge in [0, 0.05) is 11.7 Å². The Kier molecular flexibility index (Phi) is 5.82. The quantitative estimate of drug-likeness (QED) is 0.583. The van der Waals surface area contributed by atoms with Crippen molar-refractivity contribution >= 4 is 18.6 Å². The van der Waals surface area contributed by atoms with Crippen LogP contribution >= 0.6 is 0 Å². The van der Waals surface area contributed by atoms with Crippen LogP contribution in [0.25, 0.3) is 0 Å². The normalized spacial score (nSPS) is 26.6. The summed E-state index contributed by atoms with van der Waals surface area (Å²) in [6.45, 7) is 10.4. The summed E-state index contributed by atoms with van der Waals surface area (Å²) in [6.07, 6.45) is 5.12. The van der Waals surface area contributed by atoms with Gasteiger partial charge in [-0.3, -0.25) is 4.79 Å². The maximum absolute atomic E-state index is 11.8. The third kappa shape index (κ3) is 4.46. The van der Waals surface area contributed by atoms with E-state index in [2.05, 4.69) is 4.98 Å². The van der Waals surface area contributed by atoms with Crippen LogP contribution in [-0.2, 0) is 18.8 Å². The van der Waals surface area contributed by atoms with Crippen LogP contribution in [0.3, 0.4) is 0 Å². The maximum atomic E-state index is 11.8. The van der Waals surface area contributed by atoms with Crippen molar-refractivity contribution in [3.8, 4) is 5.88 Å². The van der Waals surface area contributed by atoms with E-state index in [0.717, 1.165) is 31.1 Å². The van der Waals surface area contributed by atoms with Crippen molar-refractivity contribution in [1.29, 1.82) is 0 Å². The molecule has 0 atom stereocenters. The SMILES string of the molecule is CCOC(=O)[C@H]1CC[C@@H](Oc2ccc(B3OC(C)(C)C(C)(C)O3)cn2)CC1. The standard InChI is InChI=1S/C20H30BNO5/c1-6-24-18(23)14-7-10-16(11-8-14)25-17-12-9-15(13-22-17)21-26-19(2,3)20(4,5)27-21/h9,12-14,16H,6-8,10-11H2,1-5H3/t14-,16+. The van der Waals surface area contributed by atoms with E-state index in [1.54, 1.807) is 6.20 Å². The molecule has 7 heteroatoms. The Bertz CT molecular complexity index is 637. The predicted molar refractivity (Wildman–Crippen MR) is 103 cm³/mol. The number of rotatable bonds is 5. The van der Waals surface area contributed by atoms with Gasteiger partial charge in [-0.05, 0) is 66.4 Å². The van der Waals surface area contributed by atoms with E-state index in [1.165, 1.54) is 0 Å². The Morgan fingerprint density at radius 2 is 1.78 bits per heavy atom. The Morgan fingerprint density at radius 1 is 1.15 bits per heavy atom. The fraction of sp³-hybridized carbons (Fsp3) is 0.700. The number of pyridine rings is 1. The first-order valence-electron chi connectivity index (χ1n) is 9.87. The van der Waals surface area contributed by atoms with Gasteiger partial charge in [0.25, 0.3) is 0 Å². The lowest BCUT2D eigenvalue weighted by Gasteiger charge is -2.32. The molecule has 0 aromatic carbocycles. The van der Waals surface area contributed by atoms with Crippen LogP contribution < -0.4 is 10.2 Å². The first-order valence-corrected chi connectivity index (χ1v) is 9.87. The van der Waals surface area contributed by atoms with Crippen LogP contribution in [-0.4, -0.2) is 42.0 Å². The molecule has 6 nitrogen and oxygen atoms in total. The van der Waals surface area contributed by atoms with Crippen LogP contribution in [0.15, 0.2) is 18.3 Å². The molecule has 2 aliphatic rings. The average molecular weight is 375 g/mol. The van der Waals surface area contributed by atoms with Gasteiger partial charge < -0.3 is 18.8 Å². The molecule has 1 aromatic rings. The third-order valence-corrected chi connectivity index (χ3v) is 5.87. The van der Waals surface area contributed by atoms with Gasteiger partial charge in [0.05, 0.1) is 23.7 Å². The number of nitrogens with zero attached hydrogens (tertiary/aromatic N) is 1. The Labute approximate surface area is 162 Å². The van der Waals surface area contributed by atoms with E-state index in [9.17, 15) is 4.79 Å². The average Bonchev–Trinajstić information content (AvgIpc) is 2.84. The maximum Gasteiger partial charge on any atom is 0.496 e. The number of hydrogen-bond acceptors (Lipinski definition) is 6. The molecule has 1 saturated heterocycles. The summed E-state index contributed by atoms with van der Waals surface area (Å²) in [6, 6.07) is 3.80.